The Morgan fingerprint density at radius 3 is 2.11 bits per heavy atom. The molecule has 0 saturated carbocycles. The second-order valence-corrected chi connectivity index (χ2v) is 7.27. The quantitative estimate of drug-likeness (QED) is 0.176. The predicted octanol–water partition coefficient (Wildman–Crippen LogP) is 5.83. The van der Waals surface area contributed by atoms with Crippen molar-refractivity contribution < 1.29 is 31.5 Å². The van der Waals surface area contributed by atoms with Gasteiger partial charge >= 0.3 is 12.4 Å². The van der Waals surface area contributed by atoms with Crippen LogP contribution in [-0.4, -0.2) is 28.3 Å². The van der Waals surface area contributed by atoms with Gasteiger partial charge in [0.25, 0.3) is 0 Å². The van der Waals surface area contributed by atoms with Gasteiger partial charge < -0.3 is 10.1 Å². The summed E-state index contributed by atoms with van der Waals surface area (Å²) >= 11 is 0. The summed E-state index contributed by atoms with van der Waals surface area (Å²) in [5, 5.41) is 13.4. The molecule has 7 nitrogen and oxygen atoms in total. The van der Waals surface area contributed by atoms with E-state index in [2.05, 4.69) is 30.8 Å². The van der Waals surface area contributed by atoms with Gasteiger partial charge in [-0.1, -0.05) is 0 Å². The molecule has 0 atom stereocenters. The van der Waals surface area contributed by atoms with Crippen LogP contribution in [0.2, 0.25) is 0 Å². The van der Waals surface area contributed by atoms with Crippen LogP contribution < -0.4 is 15.5 Å². The van der Waals surface area contributed by atoms with E-state index in [9.17, 15) is 26.7 Å². The summed E-state index contributed by atoms with van der Waals surface area (Å²) in [6, 6.07) is 14.6. The van der Waals surface area contributed by atoms with Crippen LogP contribution in [-0.2, 0) is 0 Å². The monoisotopic (exact) mass is 501 g/mol. The fraction of sp³-hybridized carbons (Fsp3) is 0.0417. The van der Waals surface area contributed by atoms with Crippen LogP contribution in [0.1, 0.15) is 11.1 Å². The van der Waals surface area contributed by atoms with Gasteiger partial charge in [-0.3, -0.25) is 5.10 Å². The zero-order chi connectivity index (χ0) is 25.7. The fourth-order valence-electron chi connectivity index (χ4n) is 3.20. The summed E-state index contributed by atoms with van der Waals surface area (Å²) in [4.78, 5) is 12.4. The Morgan fingerprint density at radius 2 is 1.50 bits per heavy atom. The van der Waals surface area contributed by atoms with Gasteiger partial charge in [-0.25, -0.2) is 19.0 Å². The van der Waals surface area contributed by atoms with Crippen molar-refractivity contribution in [2.45, 2.75) is 6.36 Å². The van der Waals surface area contributed by atoms with Crippen LogP contribution in [0.3, 0.4) is 0 Å². The number of H-pyrrole nitrogens is 1. The van der Waals surface area contributed by atoms with E-state index in [1.54, 1.807) is 0 Å². The Labute approximate surface area is 200 Å². The number of benzene rings is 3. The smallest absolute Gasteiger partial charge is 0.406 e. The highest BCUT2D eigenvalue weighted by molar-refractivity contribution is 6.16. The molecule has 1 aromatic heterocycles. The lowest BCUT2D eigenvalue weighted by molar-refractivity contribution is -0.274. The van der Waals surface area contributed by atoms with Crippen LogP contribution in [0.5, 0.6) is 5.75 Å². The minimum atomic E-state index is -4.84. The third kappa shape index (κ3) is 6.23. The lowest BCUT2D eigenvalue weighted by Gasteiger charge is -2.11. The average molecular weight is 501 g/mol. The van der Waals surface area contributed by atoms with Gasteiger partial charge in [0.15, 0.2) is 0 Å². The topological polar surface area (TPSA) is 91.4 Å². The minimum Gasteiger partial charge on any atom is -0.406 e. The molecule has 0 aliphatic heterocycles. The molecule has 184 valence electrons. The van der Waals surface area contributed by atoms with Crippen molar-refractivity contribution in [3.05, 3.63) is 102 Å². The number of urea groups is 1. The maximum Gasteiger partial charge on any atom is 0.573 e. The molecule has 4 aromatic rings. The third-order valence-electron chi connectivity index (χ3n) is 4.76. The minimum absolute atomic E-state index is 0.177. The van der Waals surface area contributed by atoms with Gasteiger partial charge in [-0.15, -0.1) is 13.2 Å². The van der Waals surface area contributed by atoms with Crippen LogP contribution in [0, 0.1) is 11.6 Å². The average Bonchev–Trinajstić information content (AvgIpc) is 3.31. The van der Waals surface area contributed by atoms with E-state index in [0.717, 1.165) is 12.1 Å². The maximum atomic E-state index is 13.5. The van der Waals surface area contributed by atoms with Crippen molar-refractivity contribution in [1.82, 2.24) is 15.6 Å². The number of carbonyl (C=O) groups is 1. The van der Waals surface area contributed by atoms with Crippen LogP contribution in [0.15, 0.2) is 84.1 Å². The molecule has 1 heterocycles. The normalized spacial score (nSPS) is 11.8. The summed E-state index contributed by atoms with van der Waals surface area (Å²) in [6.07, 6.45) is -3.39. The molecule has 0 radical (unpaired) electrons. The number of anilines is 1. The molecule has 0 fully saturated rings. The number of alkyl halides is 3. The molecular weight excluding hydrogens is 485 g/mol. The lowest BCUT2D eigenvalue weighted by Crippen LogP contribution is -2.26. The number of hydrazone groups is 1. The number of rotatable bonds is 6. The number of amides is 2. The molecule has 36 heavy (non-hydrogen) atoms. The summed E-state index contributed by atoms with van der Waals surface area (Å²) in [5.74, 6) is -1.35. The molecule has 4 rings (SSSR count). The van der Waals surface area contributed by atoms with Crippen LogP contribution in [0.25, 0.3) is 11.3 Å². The maximum absolute atomic E-state index is 13.5. The number of aromatic amines is 1. The molecule has 0 spiro atoms. The van der Waals surface area contributed by atoms with E-state index >= 15 is 0 Å². The van der Waals surface area contributed by atoms with E-state index in [4.69, 9.17) is 0 Å². The molecule has 0 bridgehead atoms. The first kappa shape index (κ1) is 24.4. The van der Waals surface area contributed by atoms with Gasteiger partial charge in [0.05, 0.1) is 11.9 Å². The standard InChI is InChI=1S/C24H16F5N5O2/c25-16-5-1-14(2-6-16)21-20(13-30-32-21)22(15-3-7-17(26)8-4-15)33-34-23(35)31-18-9-11-19(12-10-18)36-24(27,28)29/h1-13H,(H,30,32)(H2,31,34,35). The van der Waals surface area contributed by atoms with Gasteiger partial charge in [0.1, 0.15) is 23.1 Å². The van der Waals surface area contributed by atoms with Crippen molar-refractivity contribution >= 4 is 17.4 Å². The third-order valence-corrected chi connectivity index (χ3v) is 4.76. The molecule has 2 amide bonds. The molecule has 0 aliphatic carbocycles. The highest BCUT2D eigenvalue weighted by Crippen LogP contribution is 2.25. The molecule has 12 heteroatoms. The molecule has 0 aliphatic rings. The molecule has 3 aromatic carbocycles. The Balaban J connectivity index is 1.58. The zero-order valence-electron chi connectivity index (χ0n) is 18.1. The van der Waals surface area contributed by atoms with Crippen molar-refractivity contribution in [3.63, 3.8) is 0 Å². The zero-order valence-corrected chi connectivity index (χ0v) is 18.1. The first-order chi connectivity index (χ1) is 17.2. The van der Waals surface area contributed by atoms with Crippen molar-refractivity contribution in [2.75, 3.05) is 5.32 Å². The van der Waals surface area contributed by atoms with Crippen molar-refractivity contribution in [1.29, 1.82) is 0 Å². The van der Waals surface area contributed by atoms with E-state index in [1.807, 2.05) is 0 Å². The van der Waals surface area contributed by atoms with Gasteiger partial charge in [-0.2, -0.15) is 10.2 Å². The first-order valence-corrected chi connectivity index (χ1v) is 10.2. The summed E-state index contributed by atoms with van der Waals surface area (Å²) < 4.78 is 67.6. The van der Waals surface area contributed by atoms with Gasteiger partial charge in [0, 0.05) is 22.4 Å². The second kappa shape index (κ2) is 10.3. The Kier molecular flexibility index (Phi) is 6.95. The lowest BCUT2D eigenvalue weighted by atomic mass is 9.99. The summed E-state index contributed by atoms with van der Waals surface area (Å²) in [7, 11) is 0. The number of hydrogen-bond donors (Lipinski definition) is 3. The van der Waals surface area contributed by atoms with Crippen molar-refractivity contribution in [3.8, 4) is 17.0 Å². The number of nitrogens with one attached hydrogen (secondary N) is 3. The Morgan fingerprint density at radius 1 is 0.889 bits per heavy atom. The van der Waals surface area contributed by atoms with E-state index in [0.29, 0.717) is 22.4 Å². The first-order valence-electron chi connectivity index (χ1n) is 10.2. The van der Waals surface area contributed by atoms with Crippen LogP contribution >= 0.6 is 0 Å². The largest absolute Gasteiger partial charge is 0.573 e. The number of nitrogens with zero attached hydrogens (tertiary/aromatic N) is 2. The molecule has 0 unspecified atom stereocenters. The molecular formula is C24H16F5N5O2. The van der Waals surface area contributed by atoms with Gasteiger partial charge in [-0.05, 0) is 72.8 Å². The van der Waals surface area contributed by atoms with Crippen LogP contribution in [0.4, 0.5) is 32.4 Å². The molecule has 0 saturated heterocycles. The predicted molar refractivity (Wildman–Crippen MR) is 121 cm³/mol. The van der Waals surface area contributed by atoms with Gasteiger partial charge in [0.2, 0.25) is 0 Å². The number of halogens is 5. The highest BCUT2D eigenvalue weighted by atomic mass is 19.4. The van der Waals surface area contributed by atoms with Crippen molar-refractivity contribution in [2.24, 2.45) is 5.10 Å². The SMILES string of the molecule is O=C(NN=C(c1ccc(F)cc1)c1cn[nH]c1-c1ccc(F)cc1)Nc1ccc(OC(F)(F)F)cc1. The summed E-state index contributed by atoms with van der Waals surface area (Å²) in [5.41, 5.74) is 4.63. The highest BCUT2D eigenvalue weighted by Gasteiger charge is 2.31. The Bertz CT molecular complexity index is 1370. The van der Waals surface area contributed by atoms with E-state index < -0.39 is 29.8 Å². The fourth-order valence-corrected chi connectivity index (χ4v) is 3.20. The Hall–Kier alpha value is -4.74. The van der Waals surface area contributed by atoms with E-state index in [-0.39, 0.29) is 11.4 Å². The van der Waals surface area contributed by atoms with E-state index in [1.165, 1.54) is 66.9 Å². The number of hydrogen-bond acceptors (Lipinski definition) is 4. The number of carbonyl (C=O) groups excluding carboxylic acids is 1. The number of ether oxygens (including phenoxy) is 1. The second-order valence-electron chi connectivity index (χ2n) is 7.27. The molecule has 3 N–H and O–H groups in total. The summed E-state index contributed by atoms with van der Waals surface area (Å²) in [6.45, 7) is 0. The number of aromatic nitrogens is 2.